The molecule has 0 radical (unpaired) electrons. The lowest BCUT2D eigenvalue weighted by atomic mass is 10.0. The maximum Gasteiger partial charge on any atom is 0.513 e. The molecule has 0 aliphatic rings. The molecular formula is C20H22O5. The molecule has 0 aliphatic carbocycles. The number of carbonyl (C=O) groups is 2. The van der Waals surface area contributed by atoms with Crippen molar-refractivity contribution in [2.75, 3.05) is 6.61 Å². The van der Waals surface area contributed by atoms with Gasteiger partial charge in [0.05, 0.1) is 6.61 Å². The molecule has 5 nitrogen and oxygen atoms in total. The summed E-state index contributed by atoms with van der Waals surface area (Å²) in [6.45, 7) is 3.95. The second-order valence-electron chi connectivity index (χ2n) is 5.36. The summed E-state index contributed by atoms with van der Waals surface area (Å²) in [7, 11) is 0. The highest BCUT2D eigenvalue weighted by Gasteiger charge is 2.16. The number of rotatable bonds is 7. The number of hydrogen-bond donors (Lipinski definition) is 0. The van der Waals surface area contributed by atoms with Crippen molar-refractivity contribution in [3.63, 3.8) is 0 Å². The molecule has 0 saturated carbocycles. The summed E-state index contributed by atoms with van der Waals surface area (Å²) in [5.74, 6) is 0.500. The van der Waals surface area contributed by atoms with Gasteiger partial charge in [0.1, 0.15) is 11.5 Å². The van der Waals surface area contributed by atoms with Crippen LogP contribution in [0.1, 0.15) is 33.1 Å². The predicted octanol–water partition coefficient (Wildman–Crippen LogP) is 4.98. The van der Waals surface area contributed by atoms with E-state index in [1.165, 1.54) is 0 Å². The SMILES string of the molecule is CCCCC(=O)Oc1ccccc1-c1ccccc1OC(=O)OCC. The summed E-state index contributed by atoms with van der Waals surface area (Å²) in [5.41, 5.74) is 1.32. The second-order valence-corrected chi connectivity index (χ2v) is 5.36. The first-order valence-electron chi connectivity index (χ1n) is 8.39. The van der Waals surface area contributed by atoms with Gasteiger partial charge in [-0.3, -0.25) is 4.79 Å². The van der Waals surface area contributed by atoms with Crippen molar-refractivity contribution in [1.29, 1.82) is 0 Å². The van der Waals surface area contributed by atoms with E-state index in [9.17, 15) is 9.59 Å². The lowest BCUT2D eigenvalue weighted by molar-refractivity contribution is -0.134. The largest absolute Gasteiger partial charge is 0.513 e. The fourth-order valence-corrected chi connectivity index (χ4v) is 2.29. The molecule has 0 saturated heterocycles. The average molecular weight is 342 g/mol. The monoisotopic (exact) mass is 342 g/mol. The molecular weight excluding hydrogens is 320 g/mol. The molecule has 0 atom stereocenters. The topological polar surface area (TPSA) is 61.8 Å². The van der Waals surface area contributed by atoms with Gasteiger partial charge in [0.25, 0.3) is 0 Å². The van der Waals surface area contributed by atoms with E-state index in [1.807, 2.05) is 25.1 Å². The van der Waals surface area contributed by atoms with Gasteiger partial charge in [-0.15, -0.1) is 0 Å². The molecule has 0 aliphatic heterocycles. The summed E-state index contributed by atoms with van der Waals surface area (Å²) >= 11 is 0. The Balaban J connectivity index is 2.30. The molecule has 0 spiro atoms. The lowest BCUT2D eigenvalue weighted by Crippen LogP contribution is -2.11. The minimum atomic E-state index is -0.771. The highest BCUT2D eigenvalue weighted by molar-refractivity contribution is 5.81. The fourth-order valence-electron chi connectivity index (χ4n) is 2.29. The third-order valence-electron chi connectivity index (χ3n) is 3.48. The molecule has 132 valence electrons. The van der Waals surface area contributed by atoms with Crippen LogP contribution >= 0.6 is 0 Å². The molecule has 2 aromatic rings. The van der Waals surface area contributed by atoms with Crippen molar-refractivity contribution in [3.05, 3.63) is 48.5 Å². The minimum absolute atomic E-state index is 0.229. The first-order valence-corrected chi connectivity index (χ1v) is 8.39. The van der Waals surface area contributed by atoms with Crippen LogP contribution in [0.3, 0.4) is 0 Å². The smallest absolute Gasteiger partial charge is 0.434 e. The number of esters is 1. The van der Waals surface area contributed by atoms with Gasteiger partial charge in [-0.05, 0) is 25.5 Å². The van der Waals surface area contributed by atoms with Crippen LogP contribution in [0.15, 0.2) is 48.5 Å². The molecule has 0 N–H and O–H groups in total. The molecule has 2 aromatic carbocycles. The molecule has 5 heteroatoms. The molecule has 0 bridgehead atoms. The highest BCUT2D eigenvalue weighted by atomic mass is 16.7. The maximum absolute atomic E-state index is 12.0. The van der Waals surface area contributed by atoms with E-state index >= 15 is 0 Å². The van der Waals surface area contributed by atoms with E-state index in [0.717, 1.165) is 12.8 Å². The van der Waals surface area contributed by atoms with Gasteiger partial charge < -0.3 is 14.2 Å². The minimum Gasteiger partial charge on any atom is -0.434 e. The van der Waals surface area contributed by atoms with Crippen LogP contribution in [0.5, 0.6) is 11.5 Å². The van der Waals surface area contributed by atoms with Gasteiger partial charge in [0.15, 0.2) is 0 Å². The Bertz CT molecular complexity index is 724. The van der Waals surface area contributed by atoms with Crippen LogP contribution in [0.25, 0.3) is 11.1 Å². The number of para-hydroxylation sites is 2. The number of benzene rings is 2. The molecule has 2 rings (SSSR count). The van der Waals surface area contributed by atoms with Crippen molar-refractivity contribution >= 4 is 12.1 Å². The van der Waals surface area contributed by atoms with Crippen molar-refractivity contribution in [1.82, 2.24) is 0 Å². The Morgan fingerprint density at radius 1 is 0.840 bits per heavy atom. The van der Waals surface area contributed by atoms with Crippen LogP contribution in [-0.2, 0) is 9.53 Å². The summed E-state index contributed by atoms with van der Waals surface area (Å²) in [5, 5.41) is 0. The quantitative estimate of drug-likeness (QED) is 0.403. The zero-order chi connectivity index (χ0) is 18.1. The first-order chi connectivity index (χ1) is 12.2. The Kier molecular flexibility index (Phi) is 7.01. The molecule has 0 unspecified atom stereocenters. The van der Waals surface area contributed by atoms with Gasteiger partial charge in [-0.2, -0.15) is 0 Å². The zero-order valence-electron chi connectivity index (χ0n) is 14.5. The van der Waals surface area contributed by atoms with E-state index < -0.39 is 6.16 Å². The molecule has 0 heterocycles. The Morgan fingerprint density at radius 2 is 1.40 bits per heavy atom. The Morgan fingerprint density at radius 3 is 1.96 bits per heavy atom. The summed E-state index contributed by atoms with van der Waals surface area (Å²) in [6.07, 6.45) is 1.30. The fraction of sp³-hybridized carbons (Fsp3) is 0.300. The van der Waals surface area contributed by atoms with Crippen molar-refractivity contribution in [2.24, 2.45) is 0 Å². The average Bonchev–Trinajstić information content (AvgIpc) is 2.61. The predicted molar refractivity (Wildman–Crippen MR) is 94.7 cm³/mol. The maximum atomic E-state index is 12.0. The van der Waals surface area contributed by atoms with Gasteiger partial charge >= 0.3 is 12.1 Å². The number of ether oxygens (including phenoxy) is 3. The zero-order valence-corrected chi connectivity index (χ0v) is 14.5. The van der Waals surface area contributed by atoms with E-state index in [-0.39, 0.29) is 12.6 Å². The van der Waals surface area contributed by atoms with Crippen molar-refractivity contribution in [3.8, 4) is 22.6 Å². The number of hydrogen-bond acceptors (Lipinski definition) is 5. The van der Waals surface area contributed by atoms with Crippen LogP contribution in [0, 0.1) is 0 Å². The van der Waals surface area contributed by atoms with E-state index in [2.05, 4.69) is 0 Å². The summed E-state index contributed by atoms with van der Waals surface area (Å²) in [4.78, 5) is 23.6. The van der Waals surface area contributed by atoms with Gasteiger partial charge in [-0.1, -0.05) is 49.7 Å². The van der Waals surface area contributed by atoms with Crippen LogP contribution in [0.2, 0.25) is 0 Å². The van der Waals surface area contributed by atoms with Crippen LogP contribution < -0.4 is 9.47 Å². The van der Waals surface area contributed by atoms with Crippen molar-refractivity contribution < 1.29 is 23.8 Å². The molecule has 0 aromatic heterocycles. The Labute approximate surface area is 147 Å². The summed E-state index contributed by atoms with van der Waals surface area (Å²) < 4.78 is 15.6. The van der Waals surface area contributed by atoms with Gasteiger partial charge in [0.2, 0.25) is 0 Å². The molecule has 25 heavy (non-hydrogen) atoms. The molecule has 0 amide bonds. The first kappa shape index (κ1) is 18.5. The second kappa shape index (κ2) is 9.47. The molecule has 0 fully saturated rings. The third-order valence-corrected chi connectivity index (χ3v) is 3.48. The van der Waals surface area contributed by atoms with E-state index in [1.54, 1.807) is 37.3 Å². The van der Waals surface area contributed by atoms with Crippen molar-refractivity contribution in [2.45, 2.75) is 33.1 Å². The van der Waals surface area contributed by atoms with Crippen LogP contribution in [-0.4, -0.2) is 18.7 Å². The highest BCUT2D eigenvalue weighted by Crippen LogP contribution is 2.36. The standard InChI is InChI=1S/C20H22O5/c1-3-5-14-19(21)24-17-12-8-6-10-15(17)16-11-7-9-13-18(16)25-20(22)23-4-2/h6-13H,3-5,14H2,1-2H3. The van der Waals surface area contributed by atoms with Crippen LogP contribution in [0.4, 0.5) is 4.79 Å². The van der Waals surface area contributed by atoms with E-state index in [0.29, 0.717) is 29.0 Å². The Hall–Kier alpha value is -2.82. The number of unbranched alkanes of at least 4 members (excludes halogenated alkanes) is 1. The normalized spacial score (nSPS) is 10.2. The number of carbonyl (C=O) groups excluding carboxylic acids is 2. The lowest BCUT2D eigenvalue weighted by Gasteiger charge is -2.13. The van der Waals surface area contributed by atoms with E-state index in [4.69, 9.17) is 14.2 Å². The van der Waals surface area contributed by atoms with Gasteiger partial charge in [0, 0.05) is 17.5 Å². The summed E-state index contributed by atoms with van der Waals surface area (Å²) in [6, 6.07) is 14.2. The third kappa shape index (κ3) is 5.35. The van der Waals surface area contributed by atoms with Gasteiger partial charge in [-0.25, -0.2) is 4.79 Å².